The number of methoxy groups -OCH3 is 2. The number of para-hydroxylation sites is 1. The van der Waals surface area contributed by atoms with Crippen molar-refractivity contribution in [3.05, 3.63) is 48.0 Å². The van der Waals surface area contributed by atoms with Crippen LogP contribution < -0.4 is 19.7 Å². The Morgan fingerprint density at radius 1 is 0.969 bits per heavy atom. The number of hydrogen-bond donors (Lipinski definition) is 1. The summed E-state index contributed by atoms with van der Waals surface area (Å²) in [5.74, 6) is -0.754. The summed E-state index contributed by atoms with van der Waals surface area (Å²) >= 11 is 7.20. The van der Waals surface area contributed by atoms with Crippen LogP contribution in [0.5, 0.6) is 11.5 Å². The number of alkyl halides is 2. The zero-order valence-corrected chi connectivity index (χ0v) is 20.7. The molecule has 3 amide bonds. The van der Waals surface area contributed by atoms with E-state index in [1.165, 1.54) is 19.1 Å². The molecule has 4 atom stereocenters. The number of nitrogens with one attached hydrogen (secondary N) is 1. The average Bonchev–Trinajstić information content (AvgIpc) is 3.03. The molecule has 0 radical (unpaired) electrons. The lowest BCUT2D eigenvalue weighted by atomic mass is 9.81. The van der Waals surface area contributed by atoms with E-state index in [1.807, 2.05) is 0 Å². The second kappa shape index (κ2) is 9.23. The van der Waals surface area contributed by atoms with Gasteiger partial charge in [-0.1, -0.05) is 44.0 Å². The van der Waals surface area contributed by atoms with Gasteiger partial charge >= 0.3 is 0 Å². The molecule has 0 bridgehead atoms. The summed E-state index contributed by atoms with van der Waals surface area (Å²) in [4.78, 5) is 41.1. The van der Waals surface area contributed by atoms with Crippen molar-refractivity contribution in [1.29, 1.82) is 0 Å². The number of hydrogen-bond acceptors (Lipinski definition) is 5. The molecule has 1 aliphatic carbocycles. The van der Waals surface area contributed by atoms with E-state index >= 15 is 0 Å². The highest BCUT2D eigenvalue weighted by Crippen LogP contribution is 2.45. The van der Waals surface area contributed by atoms with Crippen LogP contribution in [0.4, 0.5) is 11.4 Å². The fourth-order valence-electron chi connectivity index (χ4n) is 4.29. The summed E-state index contributed by atoms with van der Waals surface area (Å²) < 4.78 is 10.6. The van der Waals surface area contributed by atoms with E-state index in [0.717, 1.165) is 0 Å². The van der Waals surface area contributed by atoms with E-state index in [1.54, 1.807) is 42.5 Å². The van der Waals surface area contributed by atoms with Gasteiger partial charge in [0.05, 0.1) is 43.0 Å². The second-order valence-electron chi connectivity index (χ2n) is 7.77. The van der Waals surface area contributed by atoms with Crippen LogP contribution in [0.1, 0.15) is 23.2 Å². The summed E-state index contributed by atoms with van der Waals surface area (Å²) in [7, 11) is 3.03. The lowest BCUT2D eigenvalue weighted by Crippen LogP contribution is -2.34. The lowest BCUT2D eigenvalue weighted by Gasteiger charge is -2.29. The SMILES string of the molecule is COc1ccc(OC)c(NC(=O)c2ccccc2N2C(=O)[C@@H]3C[C@@H](Br)[C@@H](Br)C[C@H]3C2=O)c1. The number of amides is 3. The van der Waals surface area contributed by atoms with Crippen molar-refractivity contribution in [2.24, 2.45) is 11.8 Å². The van der Waals surface area contributed by atoms with Crippen molar-refractivity contribution < 1.29 is 23.9 Å². The summed E-state index contributed by atoms with van der Waals surface area (Å²) in [5.41, 5.74) is 0.931. The number of imide groups is 1. The first-order chi connectivity index (χ1) is 15.3. The van der Waals surface area contributed by atoms with Gasteiger partial charge in [0.15, 0.2) is 0 Å². The molecule has 168 valence electrons. The molecule has 1 N–H and O–H groups in total. The summed E-state index contributed by atoms with van der Waals surface area (Å²) in [5, 5.41) is 2.81. The lowest BCUT2D eigenvalue weighted by molar-refractivity contribution is -0.122. The molecule has 1 heterocycles. The Morgan fingerprint density at radius 3 is 2.19 bits per heavy atom. The number of carbonyl (C=O) groups is 3. The fourth-order valence-corrected chi connectivity index (χ4v) is 5.53. The molecule has 9 heteroatoms. The van der Waals surface area contributed by atoms with Crippen molar-refractivity contribution in [2.45, 2.75) is 22.5 Å². The third-order valence-electron chi connectivity index (χ3n) is 5.96. The van der Waals surface area contributed by atoms with Gasteiger partial charge < -0.3 is 14.8 Å². The maximum atomic E-state index is 13.2. The Bertz CT molecular complexity index is 1050. The van der Waals surface area contributed by atoms with Gasteiger partial charge in [-0.05, 0) is 37.1 Å². The number of nitrogens with zero attached hydrogens (tertiary/aromatic N) is 1. The second-order valence-corrected chi connectivity index (χ2v) is 10.1. The largest absolute Gasteiger partial charge is 0.497 e. The van der Waals surface area contributed by atoms with E-state index in [2.05, 4.69) is 37.2 Å². The highest BCUT2D eigenvalue weighted by Gasteiger charge is 2.52. The number of rotatable bonds is 5. The zero-order chi connectivity index (χ0) is 23.0. The molecular formula is C23H22Br2N2O5. The fraction of sp³-hybridized carbons (Fsp3) is 0.348. The van der Waals surface area contributed by atoms with E-state index < -0.39 is 17.7 Å². The summed E-state index contributed by atoms with van der Waals surface area (Å²) in [6.45, 7) is 0. The van der Waals surface area contributed by atoms with Crippen LogP contribution in [-0.2, 0) is 9.59 Å². The van der Waals surface area contributed by atoms with Crippen molar-refractivity contribution >= 4 is 61.0 Å². The normalized spacial score (nSPS) is 24.8. The molecule has 1 saturated carbocycles. The standard InChI is InChI=1S/C23H22Br2N2O5/c1-31-12-7-8-20(32-2)18(9-12)26-21(28)13-5-3-4-6-19(13)27-22(29)14-10-16(24)17(25)11-15(14)23(27)30/h3-9,14-17H,10-11H2,1-2H3,(H,26,28)/t14-,15-,16-,17+/m1/s1. The molecule has 32 heavy (non-hydrogen) atoms. The van der Waals surface area contributed by atoms with Crippen molar-refractivity contribution in [1.82, 2.24) is 0 Å². The van der Waals surface area contributed by atoms with Crippen LogP contribution in [0, 0.1) is 11.8 Å². The van der Waals surface area contributed by atoms with Crippen LogP contribution in [0.25, 0.3) is 0 Å². The number of fused-ring (bicyclic) bond motifs is 1. The molecule has 2 aliphatic rings. The number of ether oxygens (including phenoxy) is 2. The van der Waals surface area contributed by atoms with Gasteiger partial charge in [-0.25, -0.2) is 4.90 Å². The Kier molecular flexibility index (Phi) is 6.57. The van der Waals surface area contributed by atoms with Crippen LogP contribution in [0.3, 0.4) is 0 Å². The summed E-state index contributed by atoms with van der Waals surface area (Å²) in [6, 6.07) is 11.7. The minimum atomic E-state index is -0.459. The number of anilines is 2. The minimum Gasteiger partial charge on any atom is -0.497 e. The first-order valence-corrected chi connectivity index (χ1v) is 12.0. The van der Waals surface area contributed by atoms with Gasteiger partial charge in [-0.3, -0.25) is 14.4 Å². The van der Waals surface area contributed by atoms with E-state index in [9.17, 15) is 14.4 Å². The van der Waals surface area contributed by atoms with Gasteiger partial charge in [-0.2, -0.15) is 0 Å². The first kappa shape index (κ1) is 22.8. The molecule has 4 rings (SSSR count). The molecule has 2 aromatic carbocycles. The molecule has 2 aromatic rings. The number of benzene rings is 2. The molecular weight excluding hydrogens is 544 g/mol. The van der Waals surface area contributed by atoms with Crippen LogP contribution in [-0.4, -0.2) is 41.6 Å². The highest BCUT2D eigenvalue weighted by molar-refractivity contribution is 9.12. The van der Waals surface area contributed by atoms with Crippen LogP contribution in [0.15, 0.2) is 42.5 Å². The molecule has 1 saturated heterocycles. The van der Waals surface area contributed by atoms with Crippen molar-refractivity contribution in [2.75, 3.05) is 24.4 Å². The zero-order valence-electron chi connectivity index (χ0n) is 17.5. The predicted octanol–water partition coefficient (Wildman–Crippen LogP) is 4.38. The van der Waals surface area contributed by atoms with E-state index in [0.29, 0.717) is 30.0 Å². The van der Waals surface area contributed by atoms with Gasteiger partial charge in [0, 0.05) is 15.7 Å². The van der Waals surface area contributed by atoms with Gasteiger partial charge in [-0.15, -0.1) is 0 Å². The maximum absolute atomic E-state index is 13.2. The Balaban J connectivity index is 1.66. The third-order valence-corrected chi connectivity index (χ3v) is 8.69. The quantitative estimate of drug-likeness (QED) is 0.429. The molecule has 0 spiro atoms. The predicted molar refractivity (Wildman–Crippen MR) is 128 cm³/mol. The molecule has 7 nitrogen and oxygen atoms in total. The van der Waals surface area contributed by atoms with Gasteiger partial charge in [0.2, 0.25) is 11.8 Å². The maximum Gasteiger partial charge on any atom is 0.257 e. The minimum absolute atomic E-state index is 0.111. The molecule has 2 fully saturated rings. The van der Waals surface area contributed by atoms with Crippen molar-refractivity contribution in [3.8, 4) is 11.5 Å². The Hall–Kier alpha value is -2.39. The van der Waals surface area contributed by atoms with E-state index in [-0.39, 0.29) is 32.7 Å². The topological polar surface area (TPSA) is 84.9 Å². The van der Waals surface area contributed by atoms with E-state index in [4.69, 9.17) is 9.47 Å². The molecule has 1 aliphatic heterocycles. The van der Waals surface area contributed by atoms with Gasteiger partial charge in [0.1, 0.15) is 11.5 Å². The number of carbonyl (C=O) groups excluding carboxylic acids is 3. The molecule has 0 unspecified atom stereocenters. The van der Waals surface area contributed by atoms with Gasteiger partial charge in [0.25, 0.3) is 5.91 Å². The van der Waals surface area contributed by atoms with Crippen LogP contribution >= 0.6 is 31.9 Å². The molecule has 0 aromatic heterocycles. The monoisotopic (exact) mass is 564 g/mol. The Labute approximate surface area is 202 Å². The first-order valence-electron chi connectivity index (χ1n) is 10.1. The average molecular weight is 566 g/mol. The third kappa shape index (κ3) is 4.03. The Morgan fingerprint density at radius 2 is 1.59 bits per heavy atom. The smallest absolute Gasteiger partial charge is 0.257 e. The summed E-state index contributed by atoms with van der Waals surface area (Å²) in [6.07, 6.45) is 1.13. The highest BCUT2D eigenvalue weighted by atomic mass is 79.9. The number of halogens is 2. The van der Waals surface area contributed by atoms with Crippen LogP contribution in [0.2, 0.25) is 0 Å². The van der Waals surface area contributed by atoms with Crippen molar-refractivity contribution in [3.63, 3.8) is 0 Å².